The molecule has 0 saturated carbocycles. The van der Waals surface area contributed by atoms with Crippen molar-refractivity contribution in [3.63, 3.8) is 0 Å². The Labute approximate surface area is 159 Å². The van der Waals surface area contributed by atoms with Gasteiger partial charge in [-0.25, -0.2) is 4.98 Å². The Hall–Kier alpha value is -1.89. The summed E-state index contributed by atoms with van der Waals surface area (Å²) >= 11 is 0. The lowest BCUT2D eigenvalue weighted by Crippen LogP contribution is -2.37. The van der Waals surface area contributed by atoms with Crippen molar-refractivity contribution >= 4 is 0 Å². The average molecular weight is 370 g/mol. The molecule has 5 rings (SSSR count). The smallest absolute Gasteiger partial charge is 0.230 e. The molecule has 3 fully saturated rings. The van der Waals surface area contributed by atoms with Crippen molar-refractivity contribution in [2.45, 2.75) is 38.0 Å². The molecule has 3 aliphatic heterocycles. The highest BCUT2D eigenvalue weighted by molar-refractivity contribution is 5.62. The number of ether oxygens (including phenoxy) is 2. The molecule has 27 heavy (non-hydrogen) atoms. The van der Waals surface area contributed by atoms with Crippen LogP contribution in [0.3, 0.4) is 0 Å². The van der Waals surface area contributed by atoms with Crippen LogP contribution in [-0.4, -0.2) is 53.5 Å². The quantitative estimate of drug-likeness (QED) is 0.873. The molecule has 3 aliphatic rings. The van der Waals surface area contributed by atoms with Crippen LogP contribution in [0, 0.1) is 18.8 Å². The number of aromatic nitrogens is 1. The first kappa shape index (κ1) is 17.2. The van der Waals surface area contributed by atoms with Crippen molar-refractivity contribution in [1.82, 2.24) is 9.88 Å². The van der Waals surface area contributed by atoms with Gasteiger partial charge in [-0.3, -0.25) is 4.90 Å². The Morgan fingerprint density at radius 1 is 1.37 bits per heavy atom. The van der Waals surface area contributed by atoms with Gasteiger partial charge in [-0.2, -0.15) is 0 Å². The lowest BCUT2D eigenvalue weighted by Gasteiger charge is -2.28. The van der Waals surface area contributed by atoms with E-state index in [1.807, 2.05) is 31.2 Å². The maximum atomic E-state index is 9.79. The van der Waals surface area contributed by atoms with E-state index >= 15 is 0 Å². The van der Waals surface area contributed by atoms with E-state index in [4.69, 9.17) is 18.9 Å². The van der Waals surface area contributed by atoms with Gasteiger partial charge in [-0.1, -0.05) is 12.1 Å². The van der Waals surface area contributed by atoms with Crippen LogP contribution in [0.4, 0.5) is 0 Å². The van der Waals surface area contributed by atoms with Gasteiger partial charge in [0.2, 0.25) is 5.89 Å². The summed E-state index contributed by atoms with van der Waals surface area (Å²) in [5.41, 5.74) is 1.78. The van der Waals surface area contributed by atoms with Gasteiger partial charge in [0.05, 0.1) is 30.1 Å². The van der Waals surface area contributed by atoms with Crippen LogP contribution in [0.15, 0.2) is 28.7 Å². The number of aliphatic hydroxyl groups is 1. The lowest BCUT2D eigenvalue weighted by atomic mass is 9.74. The third-order valence-corrected chi connectivity index (χ3v) is 6.67. The number of nitrogens with zero attached hydrogens (tertiary/aromatic N) is 2. The Kier molecular flexibility index (Phi) is 4.04. The van der Waals surface area contributed by atoms with Crippen LogP contribution in [0.2, 0.25) is 0 Å². The van der Waals surface area contributed by atoms with E-state index in [2.05, 4.69) is 4.90 Å². The first-order chi connectivity index (χ1) is 13.1. The molecule has 2 bridgehead atoms. The minimum atomic E-state index is -0.0544. The fourth-order valence-electron chi connectivity index (χ4n) is 5.37. The predicted octanol–water partition coefficient (Wildman–Crippen LogP) is 2.63. The predicted molar refractivity (Wildman–Crippen MR) is 99.4 cm³/mol. The molecule has 1 N–H and O–H groups in total. The fraction of sp³-hybridized carbons (Fsp3) is 0.571. The number of rotatable bonds is 5. The molecule has 1 aromatic carbocycles. The van der Waals surface area contributed by atoms with Crippen molar-refractivity contribution in [1.29, 1.82) is 0 Å². The van der Waals surface area contributed by atoms with E-state index in [0.29, 0.717) is 11.8 Å². The van der Waals surface area contributed by atoms with E-state index in [1.165, 1.54) is 0 Å². The molecule has 4 heterocycles. The molecule has 0 radical (unpaired) electrons. The number of aliphatic hydroxyl groups excluding tert-OH is 1. The van der Waals surface area contributed by atoms with Crippen molar-refractivity contribution in [3.8, 4) is 17.2 Å². The zero-order valence-corrected chi connectivity index (χ0v) is 15.9. The van der Waals surface area contributed by atoms with Gasteiger partial charge in [0, 0.05) is 38.1 Å². The van der Waals surface area contributed by atoms with E-state index in [9.17, 15) is 5.11 Å². The number of hydrogen-bond donors (Lipinski definition) is 1. The number of hydrogen-bond acceptors (Lipinski definition) is 6. The highest BCUT2D eigenvalue weighted by Gasteiger charge is 2.62. The number of aryl methyl sites for hydroxylation is 1. The monoisotopic (exact) mass is 370 g/mol. The van der Waals surface area contributed by atoms with Crippen molar-refractivity contribution in [3.05, 3.63) is 35.7 Å². The van der Waals surface area contributed by atoms with Crippen molar-refractivity contribution < 1.29 is 19.0 Å². The molecule has 3 saturated heterocycles. The summed E-state index contributed by atoms with van der Waals surface area (Å²) in [4.78, 5) is 7.17. The van der Waals surface area contributed by atoms with Crippen LogP contribution >= 0.6 is 0 Å². The Morgan fingerprint density at radius 3 is 3.04 bits per heavy atom. The zero-order valence-electron chi connectivity index (χ0n) is 15.9. The molecule has 1 spiro atoms. The number of benzene rings is 1. The van der Waals surface area contributed by atoms with Gasteiger partial charge in [-0.15, -0.1) is 0 Å². The highest BCUT2D eigenvalue weighted by Crippen LogP contribution is 2.54. The normalized spacial score (nSPS) is 32.2. The SMILES string of the molecule is COc1ccccc1-c1nc(CN2C[C@@H]3[C@H](CO)[C@H]4CC[C@]3(C2)O4)c(C)o1. The first-order valence-electron chi connectivity index (χ1n) is 9.74. The molecule has 2 aromatic rings. The van der Waals surface area contributed by atoms with Crippen LogP contribution in [-0.2, 0) is 11.3 Å². The summed E-state index contributed by atoms with van der Waals surface area (Å²) in [5, 5.41) is 9.79. The molecule has 144 valence electrons. The molecule has 0 unspecified atom stereocenters. The van der Waals surface area contributed by atoms with Gasteiger partial charge >= 0.3 is 0 Å². The van der Waals surface area contributed by atoms with E-state index < -0.39 is 0 Å². The molecule has 6 heteroatoms. The second kappa shape index (κ2) is 6.33. The first-order valence-corrected chi connectivity index (χ1v) is 9.74. The maximum Gasteiger partial charge on any atom is 0.230 e. The summed E-state index contributed by atoms with van der Waals surface area (Å²) in [5.74, 6) is 2.92. The Balaban J connectivity index is 1.36. The van der Waals surface area contributed by atoms with Crippen LogP contribution in [0.5, 0.6) is 5.75 Å². The number of oxazole rings is 1. The minimum absolute atomic E-state index is 0.0544. The van der Waals surface area contributed by atoms with E-state index in [-0.39, 0.29) is 24.2 Å². The molecule has 4 atom stereocenters. The van der Waals surface area contributed by atoms with Crippen molar-refractivity contribution in [2.24, 2.45) is 11.8 Å². The summed E-state index contributed by atoms with van der Waals surface area (Å²) < 4.78 is 17.7. The Bertz CT molecular complexity index is 850. The lowest BCUT2D eigenvalue weighted by molar-refractivity contribution is 0.000267. The molecular formula is C21H26N2O4. The second-order valence-electron chi connectivity index (χ2n) is 8.10. The fourth-order valence-corrected chi connectivity index (χ4v) is 5.37. The van der Waals surface area contributed by atoms with Crippen LogP contribution in [0.25, 0.3) is 11.5 Å². The topological polar surface area (TPSA) is 68.0 Å². The maximum absolute atomic E-state index is 9.79. The molecule has 1 aromatic heterocycles. The molecule has 6 nitrogen and oxygen atoms in total. The van der Waals surface area contributed by atoms with Gasteiger partial charge < -0.3 is 19.0 Å². The second-order valence-corrected chi connectivity index (χ2v) is 8.10. The van der Waals surface area contributed by atoms with Gasteiger partial charge in [-0.05, 0) is 31.9 Å². The van der Waals surface area contributed by atoms with Crippen molar-refractivity contribution in [2.75, 3.05) is 26.8 Å². The van der Waals surface area contributed by atoms with E-state index in [0.717, 1.165) is 55.2 Å². The number of fused-ring (bicyclic) bond motifs is 1. The third kappa shape index (κ3) is 2.62. The van der Waals surface area contributed by atoms with Gasteiger partial charge in [0.1, 0.15) is 11.5 Å². The summed E-state index contributed by atoms with van der Waals surface area (Å²) in [6.45, 7) is 4.81. The number of methoxy groups -OCH3 is 1. The zero-order chi connectivity index (χ0) is 18.6. The van der Waals surface area contributed by atoms with Gasteiger partial charge in [0.25, 0.3) is 0 Å². The largest absolute Gasteiger partial charge is 0.496 e. The summed E-state index contributed by atoms with van der Waals surface area (Å²) in [6.07, 6.45) is 2.45. The highest BCUT2D eigenvalue weighted by atomic mass is 16.5. The van der Waals surface area contributed by atoms with E-state index in [1.54, 1.807) is 7.11 Å². The Morgan fingerprint density at radius 2 is 2.22 bits per heavy atom. The molecule has 0 aliphatic carbocycles. The van der Waals surface area contributed by atoms with Gasteiger partial charge in [0.15, 0.2) is 0 Å². The number of para-hydroxylation sites is 1. The summed E-state index contributed by atoms with van der Waals surface area (Å²) in [7, 11) is 1.66. The standard InChI is InChI=1S/C21H26N2O4/c1-13-17(22-20(26-13)14-5-3-4-6-18(14)25-2)10-23-9-16-15(11-24)19-7-8-21(16,12-23)27-19/h3-6,15-16,19,24H,7-12H2,1-2H3/t15-,16+,19+,21+/m0/s1. The number of likely N-dealkylation sites (tertiary alicyclic amines) is 1. The minimum Gasteiger partial charge on any atom is -0.496 e. The molecular weight excluding hydrogens is 344 g/mol. The molecule has 0 amide bonds. The third-order valence-electron chi connectivity index (χ3n) is 6.67. The average Bonchev–Trinajstić information content (AvgIpc) is 3.41. The van der Waals surface area contributed by atoms with Crippen LogP contribution in [0.1, 0.15) is 24.3 Å². The van der Waals surface area contributed by atoms with Crippen LogP contribution < -0.4 is 4.74 Å². The summed E-state index contributed by atoms with van der Waals surface area (Å²) in [6, 6.07) is 7.78.